The Labute approximate surface area is 97.0 Å². The molecule has 0 aliphatic heterocycles. The highest BCUT2D eigenvalue weighted by atomic mass is 32.2. The fourth-order valence-electron chi connectivity index (χ4n) is 1.46. The summed E-state index contributed by atoms with van der Waals surface area (Å²) in [5.74, 6) is 0.222. The molecule has 0 unspecified atom stereocenters. The van der Waals surface area contributed by atoms with E-state index < -0.39 is 9.84 Å². The van der Waals surface area contributed by atoms with Gasteiger partial charge in [-0.2, -0.15) is 0 Å². The highest BCUT2D eigenvalue weighted by Crippen LogP contribution is 2.16. The van der Waals surface area contributed by atoms with Crippen LogP contribution in [0.15, 0.2) is 24.3 Å². The summed E-state index contributed by atoms with van der Waals surface area (Å²) in [7, 11) is -0.934. The molecule has 0 radical (unpaired) electrons. The van der Waals surface area contributed by atoms with Gasteiger partial charge in [0.05, 0.1) is 5.75 Å². The van der Waals surface area contributed by atoms with Crippen LogP contribution in [-0.2, 0) is 9.84 Å². The van der Waals surface area contributed by atoms with Crippen molar-refractivity contribution in [3.63, 3.8) is 0 Å². The first-order chi connectivity index (χ1) is 7.38. The fourth-order valence-corrected chi connectivity index (χ4v) is 2.11. The van der Waals surface area contributed by atoms with Gasteiger partial charge in [-0.3, -0.25) is 0 Å². The number of sulfone groups is 1. The van der Waals surface area contributed by atoms with Crippen LogP contribution < -0.4 is 10.6 Å². The summed E-state index contributed by atoms with van der Waals surface area (Å²) in [5.41, 5.74) is 7.39. The molecule has 0 aliphatic carbocycles. The van der Waals surface area contributed by atoms with Crippen LogP contribution in [0.25, 0.3) is 0 Å². The second-order valence-electron chi connectivity index (χ2n) is 4.00. The van der Waals surface area contributed by atoms with Gasteiger partial charge in [-0.25, -0.2) is 8.42 Å². The highest BCUT2D eigenvalue weighted by molar-refractivity contribution is 7.90. The molecule has 0 atom stereocenters. The SMILES string of the molecule is CN(CCCS(C)(=O)=O)c1cccc(N)c1. The molecule has 1 aromatic rings. The molecule has 4 nitrogen and oxygen atoms in total. The average molecular weight is 242 g/mol. The van der Waals surface area contributed by atoms with E-state index >= 15 is 0 Å². The van der Waals surface area contributed by atoms with Gasteiger partial charge in [-0.05, 0) is 24.6 Å². The van der Waals surface area contributed by atoms with Gasteiger partial charge >= 0.3 is 0 Å². The number of anilines is 2. The highest BCUT2D eigenvalue weighted by Gasteiger charge is 2.04. The Morgan fingerprint density at radius 2 is 2.06 bits per heavy atom. The number of hydrogen-bond acceptors (Lipinski definition) is 4. The standard InChI is InChI=1S/C11H18N2O2S/c1-13(7-4-8-16(2,14)15)11-6-3-5-10(12)9-11/h3,5-6,9H,4,7-8,12H2,1-2H3. The van der Waals surface area contributed by atoms with Crippen LogP contribution in [0.5, 0.6) is 0 Å². The zero-order valence-electron chi connectivity index (χ0n) is 9.68. The van der Waals surface area contributed by atoms with Gasteiger partial charge in [0.2, 0.25) is 0 Å². The van der Waals surface area contributed by atoms with E-state index in [-0.39, 0.29) is 5.75 Å². The third-order valence-electron chi connectivity index (χ3n) is 2.32. The average Bonchev–Trinajstić information content (AvgIpc) is 2.15. The summed E-state index contributed by atoms with van der Waals surface area (Å²) in [5, 5.41) is 0. The molecular formula is C11H18N2O2S. The van der Waals surface area contributed by atoms with E-state index in [0.717, 1.165) is 5.69 Å². The van der Waals surface area contributed by atoms with E-state index in [0.29, 0.717) is 18.7 Å². The monoisotopic (exact) mass is 242 g/mol. The third-order valence-corrected chi connectivity index (χ3v) is 3.35. The number of rotatable bonds is 5. The first-order valence-corrected chi connectivity index (χ1v) is 7.19. The summed E-state index contributed by atoms with van der Waals surface area (Å²) in [4.78, 5) is 2.00. The molecule has 0 spiro atoms. The molecule has 0 heterocycles. The predicted molar refractivity (Wildman–Crippen MR) is 68.5 cm³/mol. The maximum atomic E-state index is 11.0. The van der Waals surface area contributed by atoms with Gasteiger partial charge in [-0.1, -0.05) is 6.07 Å². The first kappa shape index (κ1) is 12.8. The van der Waals surface area contributed by atoms with Crippen LogP contribution in [-0.4, -0.2) is 34.0 Å². The largest absolute Gasteiger partial charge is 0.399 e. The lowest BCUT2D eigenvalue weighted by Gasteiger charge is -2.19. The molecule has 0 saturated heterocycles. The van der Waals surface area contributed by atoms with Crippen molar-refractivity contribution >= 4 is 21.2 Å². The van der Waals surface area contributed by atoms with Gasteiger partial charge < -0.3 is 10.6 Å². The lowest BCUT2D eigenvalue weighted by Crippen LogP contribution is -2.20. The Bertz CT molecular complexity index is 443. The number of nitrogen functional groups attached to an aromatic ring is 1. The van der Waals surface area contributed by atoms with Crippen molar-refractivity contribution in [3.05, 3.63) is 24.3 Å². The summed E-state index contributed by atoms with van der Waals surface area (Å²) in [6, 6.07) is 7.54. The Hall–Kier alpha value is -1.23. The summed E-state index contributed by atoms with van der Waals surface area (Å²) >= 11 is 0. The van der Waals surface area contributed by atoms with Crippen molar-refractivity contribution in [2.24, 2.45) is 0 Å². The minimum atomic E-state index is -2.86. The summed E-state index contributed by atoms with van der Waals surface area (Å²) in [6.45, 7) is 0.705. The minimum absolute atomic E-state index is 0.222. The Morgan fingerprint density at radius 1 is 1.38 bits per heavy atom. The van der Waals surface area contributed by atoms with Gasteiger partial charge in [0, 0.05) is 31.2 Å². The molecular weight excluding hydrogens is 224 g/mol. The Balaban J connectivity index is 2.50. The second-order valence-corrected chi connectivity index (χ2v) is 6.26. The van der Waals surface area contributed by atoms with Crippen molar-refractivity contribution in [1.82, 2.24) is 0 Å². The van der Waals surface area contributed by atoms with Gasteiger partial charge in [0.1, 0.15) is 9.84 Å². The van der Waals surface area contributed by atoms with E-state index in [1.54, 1.807) is 0 Å². The fraction of sp³-hybridized carbons (Fsp3) is 0.455. The number of benzene rings is 1. The van der Waals surface area contributed by atoms with Crippen molar-refractivity contribution in [2.75, 3.05) is 36.2 Å². The minimum Gasteiger partial charge on any atom is -0.399 e. The summed E-state index contributed by atoms with van der Waals surface area (Å²) in [6.07, 6.45) is 1.89. The maximum absolute atomic E-state index is 11.0. The van der Waals surface area contributed by atoms with Crippen LogP contribution in [0, 0.1) is 0 Å². The topological polar surface area (TPSA) is 63.4 Å². The lowest BCUT2D eigenvalue weighted by atomic mass is 10.2. The molecule has 0 fully saturated rings. The summed E-state index contributed by atoms with van der Waals surface area (Å²) < 4.78 is 21.9. The van der Waals surface area contributed by atoms with Crippen molar-refractivity contribution in [2.45, 2.75) is 6.42 Å². The number of hydrogen-bond donors (Lipinski definition) is 1. The molecule has 0 aliphatic rings. The van der Waals surface area contributed by atoms with E-state index in [1.165, 1.54) is 6.26 Å². The molecule has 2 N–H and O–H groups in total. The molecule has 1 rings (SSSR count). The molecule has 0 saturated carbocycles. The normalized spacial score (nSPS) is 11.4. The Morgan fingerprint density at radius 3 is 2.62 bits per heavy atom. The van der Waals surface area contributed by atoms with E-state index in [1.807, 2.05) is 36.2 Å². The molecule has 90 valence electrons. The lowest BCUT2D eigenvalue weighted by molar-refractivity contribution is 0.599. The second kappa shape index (κ2) is 5.21. The molecule has 0 bridgehead atoms. The van der Waals surface area contributed by atoms with Gasteiger partial charge in [0.15, 0.2) is 0 Å². The van der Waals surface area contributed by atoms with Crippen LogP contribution in [0.2, 0.25) is 0 Å². The molecule has 1 aromatic carbocycles. The number of nitrogens with two attached hydrogens (primary N) is 1. The van der Waals surface area contributed by atoms with E-state index in [9.17, 15) is 8.42 Å². The molecule has 16 heavy (non-hydrogen) atoms. The maximum Gasteiger partial charge on any atom is 0.147 e. The van der Waals surface area contributed by atoms with Gasteiger partial charge in [-0.15, -0.1) is 0 Å². The predicted octanol–water partition coefficient (Wildman–Crippen LogP) is 1.14. The van der Waals surface area contributed by atoms with Gasteiger partial charge in [0.25, 0.3) is 0 Å². The first-order valence-electron chi connectivity index (χ1n) is 5.13. The van der Waals surface area contributed by atoms with Crippen molar-refractivity contribution in [3.8, 4) is 0 Å². The smallest absolute Gasteiger partial charge is 0.147 e. The van der Waals surface area contributed by atoms with Crippen LogP contribution in [0.4, 0.5) is 11.4 Å². The van der Waals surface area contributed by atoms with E-state index in [2.05, 4.69) is 0 Å². The van der Waals surface area contributed by atoms with Crippen LogP contribution in [0.3, 0.4) is 0 Å². The van der Waals surface area contributed by atoms with Crippen LogP contribution >= 0.6 is 0 Å². The third kappa shape index (κ3) is 4.53. The van der Waals surface area contributed by atoms with Crippen LogP contribution in [0.1, 0.15) is 6.42 Å². The van der Waals surface area contributed by atoms with E-state index in [4.69, 9.17) is 5.73 Å². The molecule has 0 amide bonds. The molecule has 0 aromatic heterocycles. The zero-order chi connectivity index (χ0) is 12.2. The molecule has 5 heteroatoms. The quantitative estimate of drug-likeness (QED) is 0.786. The van der Waals surface area contributed by atoms with Crippen molar-refractivity contribution < 1.29 is 8.42 Å². The van der Waals surface area contributed by atoms with Crippen molar-refractivity contribution in [1.29, 1.82) is 0 Å². The zero-order valence-corrected chi connectivity index (χ0v) is 10.5. The number of nitrogens with zero attached hydrogens (tertiary/aromatic N) is 1. The Kier molecular flexibility index (Phi) is 4.18.